The number of guanidine groups is 1. The quantitative estimate of drug-likeness (QED) is 0.403. The van der Waals surface area contributed by atoms with E-state index in [0.29, 0.717) is 12.5 Å². The SMILES string of the molecule is CCc1ccc(CN(C)C(=NC)NCc2cc(C(C)C)no2)cc1.I. The number of hydrogen-bond acceptors (Lipinski definition) is 3. The Morgan fingerprint density at radius 1 is 1.24 bits per heavy atom. The number of benzene rings is 1. The van der Waals surface area contributed by atoms with Gasteiger partial charge in [-0.05, 0) is 23.5 Å². The zero-order chi connectivity index (χ0) is 17.5. The van der Waals surface area contributed by atoms with Crippen LogP contribution >= 0.6 is 24.0 Å². The minimum atomic E-state index is 0. The molecule has 1 heterocycles. The van der Waals surface area contributed by atoms with Gasteiger partial charge in [0.2, 0.25) is 0 Å². The second-order valence-corrected chi connectivity index (χ2v) is 6.30. The van der Waals surface area contributed by atoms with Crippen LogP contribution in [-0.4, -0.2) is 30.1 Å². The molecule has 0 saturated heterocycles. The van der Waals surface area contributed by atoms with Gasteiger partial charge in [-0.25, -0.2) is 0 Å². The first-order valence-electron chi connectivity index (χ1n) is 8.48. The van der Waals surface area contributed by atoms with Crippen molar-refractivity contribution in [3.05, 3.63) is 52.9 Å². The lowest BCUT2D eigenvalue weighted by Gasteiger charge is -2.21. The van der Waals surface area contributed by atoms with Crippen molar-refractivity contribution in [2.24, 2.45) is 4.99 Å². The molecule has 25 heavy (non-hydrogen) atoms. The van der Waals surface area contributed by atoms with Gasteiger partial charge in [0.25, 0.3) is 0 Å². The first-order valence-corrected chi connectivity index (χ1v) is 8.48. The molecular formula is C19H29IN4O. The molecule has 1 aromatic carbocycles. The van der Waals surface area contributed by atoms with Crippen LogP contribution in [0.4, 0.5) is 0 Å². The molecule has 1 N–H and O–H groups in total. The molecule has 0 aliphatic carbocycles. The normalized spacial score (nSPS) is 11.4. The third kappa shape index (κ3) is 6.34. The first-order chi connectivity index (χ1) is 11.5. The highest BCUT2D eigenvalue weighted by molar-refractivity contribution is 14.0. The molecule has 2 aromatic rings. The maximum absolute atomic E-state index is 5.36. The maximum Gasteiger partial charge on any atom is 0.194 e. The van der Waals surface area contributed by atoms with Gasteiger partial charge in [0.15, 0.2) is 11.7 Å². The standard InChI is InChI=1S/C19H28N4O.HI/c1-6-15-7-9-16(10-8-15)13-23(5)19(20-4)21-12-17-11-18(14(2)3)22-24-17;/h7-11,14H,6,12-13H2,1-5H3,(H,20,21);1H. The average Bonchev–Trinajstić information content (AvgIpc) is 3.05. The fourth-order valence-corrected chi connectivity index (χ4v) is 2.46. The van der Waals surface area contributed by atoms with E-state index in [9.17, 15) is 0 Å². The summed E-state index contributed by atoms with van der Waals surface area (Å²) in [6.45, 7) is 7.75. The van der Waals surface area contributed by atoms with Crippen LogP contribution in [-0.2, 0) is 19.5 Å². The predicted molar refractivity (Wildman–Crippen MR) is 113 cm³/mol. The second-order valence-electron chi connectivity index (χ2n) is 6.30. The molecule has 0 spiro atoms. The maximum atomic E-state index is 5.36. The van der Waals surface area contributed by atoms with Crippen LogP contribution < -0.4 is 5.32 Å². The Morgan fingerprint density at radius 3 is 2.40 bits per heavy atom. The molecule has 0 amide bonds. The van der Waals surface area contributed by atoms with Crippen molar-refractivity contribution >= 4 is 29.9 Å². The molecule has 1 aromatic heterocycles. The minimum Gasteiger partial charge on any atom is -0.359 e. The summed E-state index contributed by atoms with van der Waals surface area (Å²) >= 11 is 0. The van der Waals surface area contributed by atoms with E-state index < -0.39 is 0 Å². The van der Waals surface area contributed by atoms with Crippen molar-refractivity contribution in [3.8, 4) is 0 Å². The van der Waals surface area contributed by atoms with Crippen LogP contribution in [0.15, 0.2) is 39.8 Å². The molecule has 5 nitrogen and oxygen atoms in total. The van der Waals surface area contributed by atoms with Crippen molar-refractivity contribution in [1.29, 1.82) is 0 Å². The smallest absolute Gasteiger partial charge is 0.194 e. The van der Waals surface area contributed by atoms with E-state index in [1.807, 2.05) is 13.1 Å². The molecule has 0 aliphatic heterocycles. The lowest BCUT2D eigenvalue weighted by atomic mass is 10.1. The van der Waals surface area contributed by atoms with Gasteiger partial charge in [-0.2, -0.15) is 0 Å². The lowest BCUT2D eigenvalue weighted by molar-refractivity contribution is 0.369. The Balaban J connectivity index is 0.00000312. The van der Waals surface area contributed by atoms with Gasteiger partial charge in [0.1, 0.15) is 0 Å². The largest absolute Gasteiger partial charge is 0.359 e. The fraction of sp³-hybridized carbons (Fsp3) is 0.474. The summed E-state index contributed by atoms with van der Waals surface area (Å²) in [4.78, 5) is 6.44. The summed E-state index contributed by atoms with van der Waals surface area (Å²) < 4.78 is 5.36. The Labute approximate surface area is 167 Å². The van der Waals surface area contributed by atoms with E-state index in [1.165, 1.54) is 11.1 Å². The van der Waals surface area contributed by atoms with E-state index in [2.05, 4.69) is 65.4 Å². The third-order valence-corrected chi connectivity index (χ3v) is 4.01. The van der Waals surface area contributed by atoms with E-state index in [-0.39, 0.29) is 24.0 Å². The summed E-state index contributed by atoms with van der Waals surface area (Å²) in [5.74, 6) is 2.02. The van der Waals surface area contributed by atoms with Gasteiger partial charge in [-0.3, -0.25) is 4.99 Å². The highest BCUT2D eigenvalue weighted by Gasteiger charge is 2.10. The highest BCUT2D eigenvalue weighted by atomic mass is 127. The van der Waals surface area contributed by atoms with Crippen LogP contribution in [0, 0.1) is 0 Å². The Bertz CT molecular complexity index is 664. The van der Waals surface area contributed by atoms with Crippen LogP contribution in [0.5, 0.6) is 0 Å². The molecule has 2 rings (SSSR count). The molecule has 0 bridgehead atoms. The van der Waals surface area contributed by atoms with Gasteiger partial charge >= 0.3 is 0 Å². The number of aryl methyl sites for hydroxylation is 1. The monoisotopic (exact) mass is 456 g/mol. The topological polar surface area (TPSA) is 53.7 Å². The lowest BCUT2D eigenvalue weighted by Crippen LogP contribution is -2.37. The van der Waals surface area contributed by atoms with Crippen LogP contribution in [0.1, 0.15) is 49.3 Å². The van der Waals surface area contributed by atoms with E-state index in [1.54, 1.807) is 7.05 Å². The first kappa shape index (κ1) is 21.5. The predicted octanol–water partition coefficient (Wildman–Crippen LogP) is 4.19. The number of halogens is 1. The van der Waals surface area contributed by atoms with Crippen molar-refractivity contribution in [3.63, 3.8) is 0 Å². The van der Waals surface area contributed by atoms with E-state index in [4.69, 9.17) is 4.52 Å². The van der Waals surface area contributed by atoms with E-state index in [0.717, 1.165) is 30.4 Å². The zero-order valence-electron chi connectivity index (χ0n) is 15.7. The number of nitrogens with one attached hydrogen (secondary N) is 1. The summed E-state index contributed by atoms with van der Waals surface area (Å²) in [6.07, 6.45) is 1.06. The Hall–Kier alpha value is -1.57. The summed E-state index contributed by atoms with van der Waals surface area (Å²) in [7, 11) is 3.82. The molecule has 6 heteroatoms. The molecule has 0 aliphatic rings. The fourth-order valence-electron chi connectivity index (χ4n) is 2.46. The number of rotatable bonds is 6. The minimum absolute atomic E-state index is 0. The number of nitrogens with zero attached hydrogens (tertiary/aromatic N) is 3. The van der Waals surface area contributed by atoms with Crippen molar-refractivity contribution < 1.29 is 4.52 Å². The van der Waals surface area contributed by atoms with Gasteiger partial charge in [-0.1, -0.05) is 50.2 Å². The van der Waals surface area contributed by atoms with Crippen LogP contribution in [0.25, 0.3) is 0 Å². The Morgan fingerprint density at radius 2 is 1.88 bits per heavy atom. The summed E-state index contributed by atoms with van der Waals surface area (Å²) in [6, 6.07) is 10.7. The third-order valence-electron chi connectivity index (χ3n) is 4.01. The molecule has 0 atom stereocenters. The summed E-state index contributed by atoms with van der Waals surface area (Å²) in [5.41, 5.74) is 3.60. The second kappa shape index (κ2) is 10.4. The van der Waals surface area contributed by atoms with E-state index >= 15 is 0 Å². The van der Waals surface area contributed by atoms with Gasteiger partial charge in [0, 0.05) is 26.7 Å². The number of aliphatic imine (C=N–C) groups is 1. The number of aromatic nitrogens is 1. The number of hydrogen-bond donors (Lipinski definition) is 1. The average molecular weight is 456 g/mol. The molecule has 0 fully saturated rings. The van der Waals surface area contributed by atoms with Gasteiger partial charge in [0.05, 0.1) is 12.2 Å². The Kier molecular flexibility index (Phi) is 8.96. The van der Waals surface area contributed by atoms with Crippen LogP contribution in [0.2, 0.25) is 0 Å². The van der Waals surface area contributed by atoms with Gasteiger partial charge < -0.3 is 14.7 Å². The van der Waals surface area contributed by atoms with Crippen molar-refractivity contribution in [1.82, 2.24) is 15.4 Å². The summed E-state index contributed by atoms with van der Waals surface area (Å²) in [5, 5.41) is 7.40. The van der Waals surface area contributed by atoms with Crippen molar-refractivity contribution in [2.45, 2.75) is 46.2 Å². The molecule has 0 radical (unpaired) electrons. The highest BCUT2D eigenvalue weighted by Crippen LogP contribution is 2.14. The van der Waals surface area contributed by atoms with Gasteiger partial charge in [-0.15, -0.1) is 24.0 Å². The molecular weight excluding hydrogens is 427 g/mol. The molecule has 0 saturated carbocycles. The molecule has 0 unspecified atom stereocenters. The van der Waals surface area contributed by atoms with Crippen LogP contribution in [0.3, 0.4) is 0 Å². The molecule has 138 valence electrons. The zero-order valence-corrected chi connectivity index (χ0v) is 18.1. The van der Waals surface area contributed by atoms with Crippen molar-refractivity contribution in [2.75, 3.05) is 14.1 Å².